The van der Waals surface area contributed by atoms with Crippen molar-refractivity contribution in [3.05, 3.63) is 69.6 Å². The van der Waals surface area contributed by atoms with Gasteiger partial charge in [0, 0.05) is 17.0 Å². The highest BCUT2D eigenvalue weighted by molar-refractivity contribution is 7.14. The number of nitro groups is 1. The lowest BCUT2D eigenvalue weighted by Gasteiger charge is -2.03. The molecule has 0 aliphatic heterocycles. The Hall–Kier alpha value is -3.26. The van der Waals surface area contributed by atoms with E-state index in [-0.39, 0.29) is 11.3 Å². The second kappa shape index (κ2) is 7.75. The van der Waals surface area contributed by atoms with Gasteiger partial charge in [0.25, 0.3) is 11.6 Å². The number of hydrogen-bond acceptors (Lipinski definition) is 6. The summed E-state index contributed by atoms with van der Waals surface area (Å²) in [7, 11) is 0. The summed E-state index contributed by atoms with van der Waals surface area (Å²) in [6.45, 7) is 2.51. The molecule has 1 aromatic heterocycles. The maximum Gasteiger partial charge on any atom is 0.282 e. The van der Waals surface area contributed by atoms with E-state index in [1.54, 1.807) is 6.07 Å². The van der Waals surface area contributed by atoms with Crippen LogP contribution in [0.3, 0.4) is 0 Å². The number of nitrogens with one attached hydrogen (secondary N) is 1. The molecule has 0 saturated carbocycles. The maximum atomic E-state index is 12.3. The Bertz CT molecular complexity index is 938. The molecule has 0 saturated heterocycles. The van der Waals surface area contributed by atoms with Crippen molar-refractivity contribution in [2.75, 3.05) is 11.9 Å². The van der Waals surface area contributed by atoms with E-state index >= 15 is 0 Å². The van der Waals surface area contributed by atoms with Crippen molar-refractivity contribution in [1.29, 1.82) is 0 Å². The minimum Gasteiger partial charge on any atom is -0.494 e. The van der Waals surface area contributed by atoms with Gasteiger partial charge in [0.05, 0.1) is 17.2 Å². The molecule has 3 rings (SSSR count). The Kier molecular flexibility index (Phi) is 5.23. The number of amides is 1. The molecule has 8 heteroatoms. The zero-order valence-corrected chi connectivity index (χ0v) is 14.7. The third-order valence-electron chi connectivity index (χ3n) is 3.53. The summed E-state index contributed by atoms with van der Waals surface area (Å²) in [4.78, 5) is 27.2. The lowest BCUT2D eigenvalue weighted by molar-refractivity contribution is -0.385. The molecule has 132 valence electrons. The van der Waals surface area contributed by atoms with E-state index in [0.29, 0.717) is 17.4 Å². The van der Waals surface area contributed by atoms with Crippen molar-refractivity contribution in [3.63, 3.8) is 0 Å². The quantitative estimate of drug-likeness (QED) is 0.514. The van der Waals surface area contributed by atoms with Crippen LogP contribution in [0.2, 0.25) is 0 Å². The van der Waals surface area contributed by atoms with Crippen molar-refractivity contribution in [1.82, 2.24) is 4.98 Å². The number of aromatic nitrogens is 1. The molecule has 0 aliphatic carbocycles. The zero-order chi connectivity index (χ0) is 18.5. The average molecular weight is 369 g/mol. The summed E-state index contributed by atoms with van der Waals surface area (Å²) < 4.78 is 5.40. The van der Waals surface area contributed by atoms with Crippen molar-refractivity contribution in [2.24, 2.45) is 0 Å². The first-order valence-corrected chi connectivity index (χ1v) is 8.70. The Balaban J connectivity index is 1.76. The van der Waals surface area contributed by atoms with E-state index in [9.17, 15) is 14.9 Å². The van der Waals surface area contributed by atoms with Gasteiger partial charge in [-0.25, -0.2) is 4.98 Å². The van der Waals surface area contributed by atoms with Crippen LogP contribution in [-0.2, 0) is 0 Å². The van der Waals surface area contributed by atoms with Gasteiger partial charge < -0.3 is 4.74 Å². The predicted octanol–water partition coefficient (Wildman–Crippen LogP) is 4.37. The van der Waals surface area contributed by atoms with E-state index in [0.717, 1.165) is 11.3 Å². The number of ether oxygens (including phenoxy) is 1. The summed E-state index contributed by atoms with van der Waals surface area (Å²) in [5.74, 6) is 0.210. The van der Waals surface area contributed by atoms with E-state index in [2.05, 4.69) is 10.3 Å². The molecule has 1 amide bonds. The topological polar surface area (TPSA) is 94.4 Å². The molecule has 0 spiro atoms. The zero-order valence-electron chi connectivity index (χ0n) is 13.8. The Morgan fingerprint density at radius 3 is 2.65 bits per heavy atom. The maximum absolute atomic E-state index is 12.3. The Morgan fingerprint density at radius 2 is 1.96 bits per heavy atom. The van der Waals surface area contributed by atoms with Gasteiger partial charge in [-0.3, -0.25) is 20.2 Å². The fourth-order valence-corrected chi connectivity index (χ4v) is 3.06. The van der Waals surface area contributed by atoms with E-state index in [1.165, 1.54) is 29.5 Å². The second-order valence-corrected chi connectivity index (χ2v) is 6.08. The first kappa shape index (κ1) is 17.6. The number of nitrogens with zero attached hydrogens (tertiary/aromatic N) is 2. The van der Waals surface area contributed by atoms with Crippen LogP contribution in [0.5, 0.6) is 5.75 Å². The first-order chi connectivity index (χ1) is 12.6. The summed E-state index contributed by atoms with van der Waals surface area (Å²) >= 11 is 1.25. The van der Waals surface area contributed by atoms with Gasteiger partial charge in [0.15, 0.2) is 5.13 Å². The normalized spacial score (nSPS) is 10.3. The monoisotopic (exact) mass is 369 g/mol. The van der Waals surface area contributed by atoms with Gasteiger partial charge >= 0.3 is 0 Å². The average Bonchev–Trinajstić information content (AvgIpc) is 3.11. The fraction of sp³-hybridized carbons (Fsp3) is 0.111. The van der Waals surface area contributed by atoms with Crippen LogP contribution >= 0.6 is 11.3 Å². The molecule has 0 bridgehead atoms. The molecule has 7 nitrogen and oxygen atoms in total. The van der Waals surface area contributed by atoms with Crippen LogP contribution in [0.1, 0.15) is 17.3 Å². The van der Waals surface area contributed by atoms with E-state index in [4.69, 9.17) is 4.74 Å². The van der Waals surface area contributed by atoms with Gasteiger partial charge in [0.2, 0.25) is 0 Å². The molecule has 0 radical (unpaired) electrons. The number of carbonyl (C=O) groups excluding carboxylic acids is 1. The Labute approximate surface area is 153 Å². The van der Waals surface area contributed by atoms with Gasteiger partial charge in [0.1, 0.15) is 11.3 Å². The molecule has 0 unspecified atom stereocenters. The van der Waals surface area contributed by atoms with Crippen molar-refractivity contribution < 1.29 is 14.5 Å². The predicted molar refractivity (Wildman–Crippen MR) is 99.8 cm³/mol. The van der Waals surface area contributed by atoms with Crippen molar-refractivity contribution >= 4 is 28.1 Å². The number of para-hydroxylation sites is 1. The number of benzene rings is 2. The molecule has 2 aromatic carbocycles. The lowest BCUT2D eigenvalue weighted by Crippen LogP contribution is -2.13. The largest absolute Gasteiger partial charge is 0.494 e. The Morgan fingerprint density at radius 1 is 1.23 bits per heavy atom. The summed E-state index contributed by atoms with van der Waals surface area (Å²) in [5.41, 5.74) is 1.34. The minimum atomic E-state index is -0.581. The van der Waals surface area contributed by atoms with Crippen LogP contribution in [-0.4, -0.2) is 22.4 Å². The smallest absolute Gasteiger partial charge is 0.282 e. The van der Waals surface area contributed by atoms with E-state index < -0.39 is 10.8 Å². The van der Waals surface area contributed by atoms with Gasteiger partial charge in [-0.2, -0.15) is 0 Å². The number of anilines is 1. The van der Waals surface area contributed by atoms with Crippen molar-refractivity contribution in [2.45, 2.75) is 6.92 Å². The summed E-state index contributed by atoms with van der Waals surface area (Å²) in [6, 6.07) is 13.3. The molecular formula is C18H15N3O4S. The summed E-state index contributed by atoms with van der Waals surface area (Å²) in [6.07, 6.45) is 0. The second-order valence-electron chi connectivity index (χ2n) is 5.22. The molecule has 0 fully saturated rings. The van der Waals surface area contributed by atoms with E-state index in [1.807, 2.05) is 36.6 Å². The fourth-order valence-electron chi connectivity index (χ4n) is 2.34. The molecular weight excluding hydrogens is 354 g/mol. The van der Waals surface area contributed by atoms with Crippen LogP contribution < -0.4 is 10.1 Å². The standard InChI is InChI=1S/C18H15N3O4S/c1-2-25-13-9-7-12(8-10-13)15-11-26-18(19-15)20-17(22)14-5-3-4-6-16(14)21(23)24/h3-11H,2H2,1H3,(H,19,20,22). The summed E-state index contributed by atoms with van der Waals surface area (Å²) in [5, 5.41) is 15.8. The number of hydrogen-bond donors (Lipinski definition) is 1. The highest BCUT2D eigenvalue weighted by Crippen LogP contribution is 2.27. The minimum absolute atomic E-state index is 0.00434. The SMILES string of the molecule is CCOc1ccc(-c2csc(NC(=O)c3ccccc3[N+](=O)[O-])n2)cc1. The first-order valence-electron chi connectivity index (χ1n) is 7.82. The molecule has 3 aromatic rings. The number of rotatable bonds is 6. The van der Waals surface area contributed by atoms with Crippen LogP contribution in [0, 0.1) is 10.1 Å². The molecule has 1 heterocycles. The number of nitro benzene ring substituents is 1. The number of carbonyl (C=O) groups is 1. The van der Waals surface area contributed by atoms with Gasteiger partial charge in [-0.15, -0.1) is 11.3 Å². The van der Waals surface area contributed by atoms with Crippen molar-refractivity contribution in [3.8, 4) is 17.0 Å². The molecule has 0 atom stereocenters. The highest BCUT2D eigenvalue weighted by atomic mass is 32.1. The van der Waals surface area contributed by atoms with Crippen LogP contribution in [0.25, 0.3) is 11.3 Å². The van der Waals surface area contributed by atoms with Crippen LogP contribution in [0.15, 0.2) is 53.9 Å². The molecule has 26 heavy (non-hydrogen) atoms. The lowest BCUT2D eigenvalue weighted by atomic mass is 10.1. The van der Waals surface area contributed by atoms with Gasteiger partial charge in [-0.05, 0) is 37.3 Å². The highest BCUT2D eigenvalue weighted by Gasteiger charge is 2.20. The third-order valence-corrected chi connectivity index (χ3v) is 4.29. The van der Waals surface area contributed by atoms with Crippen LogP contribution in [0.4, 0.5) is 10.8 Å². The third kappa shape index (κ3) is 3.86. The van der Waals surface area contributed by atoms with Gasteiger partial charge in [-0.1, -0.05) is 12.1 Å². The molecule has 1 N–H and O–H groups in total. The number of thiazole rings is 1. The molecule has 0 aliphatic rings.